The highest BCUT2D eigenvalue weighted by Gasteiger charge is 2.20. The Morgan fingerprint density at radius 2 is 2.25 bits per heavy atom. The summed E-state index contributed by atoms with van der Waals surface area (Å²) >= 11 is 0. The summed E-state index contributed by atoms with van der Waals surface area (Å²) in [5.74, 6) is 0.415. The third-order valence-electron chi connectivity index (χ3n) is 2.38. The van der Waals surface area contributed by atoms with Crippen molar-refractivity contribution in [1.29, 1.82) is 0 Å². The lowest BCUT2D eigenvalue weighted by atomic mass is 9.96. The van der Waals surface area contributed by atoms with Crippen LogP contribution in [0.3, 0.4) is 0 Å². The van der Waals surface area contributed by atoms with Crippen molar-refractivity contribution in [2.75, 3.05) is 6.54 Å². The van der Waals surface area contributed by atoms with Crippen molar-refractivity contribution in [2.45, 2.75) is 19.4 Å². The highest BCUT2D eigenvalue weighted by atomic mass is 16.3. The zero-order valence-corrected chi connectivity index (χ0v) is 7.17. The molecule has 2 N–H and O–H groups in total. The fourth-order valence-corrected chi connectivity index (χ4v) is 1.51. The van der Waals surface area contributed by atoms with Gasteiger partial charge in [0.15, 0.2) is 0 Å². The molecule has 0 spiro atoms. The molecule has 0 amide bonds. The number of aryl methyl sites for hydroxylation is 1. The molecule has 2 rings (SSSR count). The maximum Gasteiger partial charge on any atom is 0.120 e. The number of aromatic hydroxyl groups is 1. The highest BCUT2D eigenvalue weighted by molar-refractivity contribution is 5.38. The molecule has 0 radical (unpaired) electrons. The average Bonchev–Trinajstić information content (AvgIpc) is 1.93. The molecular formula is C10H13NO. The second kappa shape index (κ2) is 2.79. The molecular weight excluding hydrogens is 150 g/mol. The molecule has 0 bridgehead atoms. The third-order valence-corrected chi connectivity index (χ3v) is 2.38. The van der Waals surface area contributed by atoms with E-state index in [1.165, 1.54) is 5.56 Å². The predicted molar refractivity (Wildman–Crippen MR) is 48.2 cm³/mol. The molecule has 1 aromatic rings. The first-order chi connectivity index (χ1) is 5.77. The Morgan fingerprint density at radius 3 is 2.83 bits per heavy atom. The standard InChI is InChI=1S/C10H13NO/c1-7-2-3-10(12)8(6-7)9-4-5-11-9/h2-3,6,9,11-12H,4-5H2,1H3/t9-/m0/s1. The molecule has 12 heavy (non-hydrogen) atoms. The van der Waals surface area contributed by atoms with Gasteiger partial charge in [-0.05, 0) is 26.0 Å². The summed E-state index contributed by atoms with van der Waals surface area (Å²) < 4.78 is 0. The minimum absolute atomic E-state index is 0.380. The van der Waals surface area contributed by atoms with E-state index in [1.54, 1.807) is 6.07 Å². The Balaban J connectivity index is 2.34. The van der Waals surface area contributed by atoms with E-state index in [-0.39, 0.29) is 0 Å². The maximum absolute atomic E-state index is 9.53. The van der Waals surface area contributed by atoms with E-state index in [0.29, 0.717) is 11.8 Å². The minimum Gasteiger partial charge on any atom is -0.508 e. The zero-order chi connectivity index (χ0) is 8.55. The van der Waals surface area contributed by atoms with Crippen LogP contribution >= 0.6 is 0 Å². The number of nitrogens with one attached hydrogen (secondary N) is 1. The molecule has 0 aromatic heterocycles. The number of hydrogen-bond donors (Lipinski definition) is 2. The summed E-state index contributed by atoms with van der Waals surface area (Å²) in [7, 11) is 0. The Bertz CT molecular complexity index is 292. The second-order valence-corrected chi connectivity index (χ2v) is 3.36. The van der Waals surface area contributed by atoms with E-state index < -0.39 is 0 Å². The number of benzene rings is 1. The van der Waals surface area contributed by atoms with E-state index in [9.17, 15) is 5.11 Å². The molecule has 0 saturated carbocycles. The van der Waals surface area contributed by atoms with Gasteiger partial charge in [0.2, 0.25) is 0 Å². The van der Waals surface area contributed by atoms with E-state index >= 15 is 0 Å². The number of rotatable bonds is 1. The van der Waals surface area contributed by atoms with E-state index in [1.807, 2.05) is 19.1 Å². The Morgan fingerprint density at radius 1 is 1.50 bits per heavy atom. The van der Waals surface area contributed by atoms with Gasteiger partial charge in [0.25, 0.3) is 0 Å². The monoisotopic (exact) mass is 163 g/mol. The average molecular weight is 163 g/mol. The molecule has 1 heterocycles. The molecule has 1 fully saturated rings. The van der Waals surface area contributed by atoms with Crippen LogP contribution in [0.5, 0.6) is 5.75 Å². The lowest BCUT2D eigenvalue weighted by Gasteiger charge is -2.28. The number of phenols is 1. The molecule has 1 aliphatic rings. The van der Waals surface area contributed by atoms with Crippen LogP contribution < -0.4 is 5.32 Å². The molecule has 0 unspecified atom stereocenters. The lowest BCUT2D eigenvalue weighted by molar-refractivity contribution is 0.364. The Labute approximate surface area is 72.2 Å². The van der Waals surface area contributed by atoms with Crippen LogP contribution in [0.15, 0.2) is 18.2 Å². The van der Waals surface area contributed by atoms with Crippen molar-refractivity contribution in [1.82, 2.24) is 5.32 Å². The highest BCUT2D eigenvalue weighted by Crippen LogP contribution is 2.30. The van der Waals surface area contributed by atoms with Gasteiger partial charge in [-0.2, -0.15) is 0 Å². The van der Waals surface area contributed by atoms with E-state index in [2.05, 4.69) is 5.32 Å². The largest absolute Gasteiger partial charge is 0.508 e. The van der Waals surface area contributed by atoms with Crippen LogP contribution in [0.1, 0.15) is 23.6 Å². The maximum atomic E-state index is 9.53. The van der Waals surface area contributed by atoms with E-state index in [0.717, 1.165) is 18.5 Å². The van der Waals surface area contributed by atoms with Crippen LogP contribution in [0.2, 0.25) is 0 Å². The van der Waals surface area contributed by atoms with Crippen molar-refractivity contribution in [2.24, 2.45) is 0 Å². The van der Waals surface area contributed by atoms with Crippen LogP contribution in [0.25, 0.3) is 0 Å². The second-order valence-electron chi connectivity index (χ2n) is 3.36. The smallest absolute Gasteiger partial charge is 0.120 e. The van der Waals surface area contributed by atoms with Crippen LogP contribution in [-0.2, 0) is 0 Å². The van der Waals surface area contributed by atoms with Crippen molar-refractivity contribution in [3.05, 3.63) is 29.3 Å². The van der Waals surface area contributed by atoms with Crippen molar-refractivity contribution in [3.63, 3.8) is 0 Å². The first-order valence-electron chi connectivity index (χ1n) is 4.30. The van der Waals surface area contributed by atoms with Gasteiger partial charge in [-0.3, -0.25) is 0 Å². The van der Waals surface area contributed by atoms with Crippen LogP contribution in [0, 0.1) is 6.92 Å². The van der Waals surface area contributed by atoms with Crippen molar-refractivity contribution >= 4 is 0 Å². The molecule has 64 valence electrons. The fraction of sp³-hybridized carbons (Fsp3) is 0.400. The minimum atomic E-state index is 0.380. The molecule has 2 heteroatoms. The molecule has 1 aromatic carbocycles. The van der Waals surface area contributed by atoms with Crippen LogP contribution in [0.4, 0.5) is 0 Å². The molecule has 1 aliphatic heterocycles. The predicted octanol–water partition coefficient (Wildman–Crippen LogP) is 1.74. The number of hydrogen-bond acceptors (Lipinski definition) is 2. The van der Waals surface area contributed by atoms with Gasteiger partial charge in [-0.25, -0.2) is 0 Å². The first-order valence-corrected chi connectivity index (χ1v) is 4.30. The number of phenolic OH excluding ortho intramolecular Hbond substituents is 1. The lowest BCUT2D eigenvalue weighted by Crippen LogP contribution is -2.34. The van der Waals surface area contributed by atoms with Crippen molar-refractivity contribution in [3.8, 4) is 5.75 Å². The van der Waals surface area contributed by atoms with Gasteiger partial charge in [-0.15, -0.1) is 0 Å². The van der Waals surface area contributed by atoms with Crippen LogP contribution in [-0.4, -0.2) is 11.7 Å². The van der Waals surface area contributed by atoms with Gasteiger partial charge in [-0.1, -0.05) is 17.7 Å². The van der Waals surface area contributed by atoms with E-state index in [4.69, 9.17) is 0 Å². The molecule has 1 atom stereocenters. The SMILES string of the molecule is Cc1ccc(O)c([C@@H]2CCN2)c1. The molecule has 0 aliphatic carbocycles. The summed E-state index contributed by atoms with van der Waals surface area (Å²) in [5.41, 5.74) is 2.25. The summed E-state index contributed by atoms with van der Waals surface area (Å²) in [6, 6.07) is 6.12. The summed E-state index contributed by atoms with van der Waals surface area (Å²) in [4.78, 5) is 0. The summed E-state index contributed by atoms with van der Waals surface area (Å²) in [6.07, 6.45) is 1.14. The molecule has 2 nitrogen and oxygen atoms in total. The van der Waals surface area contributed by atoms with Gasteiger partial charge in [0.1, 0.15) is 5.75 Å². The zero-order valence-electron chi connectivity index (χ0n) is 7.17. The normalized spacial score (nSPS) is 21.9. The van der Waals surface area contributed by atoms with Crippen molar-refractivity contribution < 1.29 is 5.11 Å². The van der Waals surface area contributed by atoms with Gasteiger partial charge >= 0.3 is 0 Å². The first kappa shape index (κ1) is 7.62. The van der Waals surface area contributed by atoms with Gasteiger partial charge < -0.3 is 10.4 Å². The molecule has 1 saturated heterocycles. The van der Waals surface area contributed by atoms with Gasteiger partial charge in [0.05, 0.1) is 0 Å². The fourth-order valence-electron chi connectivity index (χ4n) is 1.51. The summed E-state index contributed by atoms with van der Waals surface area (Å²) in [5, 5.41) is 12.8. The Hall–Kier alpha value is -1.02. The topological polar surface area (TPSA) is 32.3 Å². The summed E-state index contributed by atoms with van der Waals surface area (Å²) in [6.45, 7) is 3.11. The quantitative estimate of drug-likeness (QED) is 0.661. The Kier molecular flexibility index (Phi) is 1.77. The van der Waals surface area contributed by atoms with Gasteiger partial charge in [0, 0.05) is 11.6 Å². The third kappa shape index (κ3) is 1.18.